The first kappa shape index (κ1) is 20.5. The predicted octanol–water partition coefficient (Wildman–Crippen LogP) is 4.07. The van der Waals surface area contributed by atoms with Crippen LogP contribution >= 0.6 is 11.8 Å². The van der Waals surface area contributed by atoms with Crippen LogP contribution in [0.3, 0.4) is 0 Å². The Morgan fingerprint density at radius 3 is 2.83 bits per heavy atom. The molecule has 0 saturated carbocycles. The highest BCUT2D eigenvalue weighted by atomic mass is 32.2. The predicted molar refractivity (Wildman–Crippen MR) is 111 cm³/mol. The molecule has 0 unspecified atom stereocenters. The first-order valence-electron chi connectivity index (χ1n) is 9.54. The largest absolute Gasteiger partial charge is 0.454 e. The Bertz CT molecular complexity index is 1070. The van der Waals surface area contributed by atoms with Crippen LogP contribution < -0.4 is 9.47 Å². The third-order valence-electron chi connectivity index (χ3n) is 4.99. The number of carbonyl (C=O) groups is 1. The van der Waals surface area contributed by atoms with Crippen molar-refractivity contribution in [2.75, 3.05) is 26.3 Å². The molecule has 1 aromatic carbocycles. The molecule has 1 atom stereocenters. The number of carbonyl (C=O) groups excluding carboxylic acids is 1. The zero-order valence-corrected chi connectivity index (χ0v) is 18.1. The van der Waals surface area contributed by atoms with Crippen molar-refractivity contribution in [2.24, 2.45) is 0 Å². The normalized spacial score (nSPS) is 13.6. The van der Waals surface area contributed by atoms with Crippen molar-refractivity contribution in [1.82, 2.24) is 14.8 Å². The summed E-state index contributed by atoms with van der Waals surface area (Å²) < 4.78 is 23.8. The van der Waals surface area contributed by atoms with Gasteiger partial charge < -0.3 is 23.2 Å². The van der Waals surface area contributed by atoms with Crippen LogP contribution in [0.15, 0.2) is 33.9 Å². The van der Waals surface area contributed by atoms with E-state index in [0.29, 0.717) is 34.8 Å². The first-order chi connectivity index (χ1) is 14.5. The number of nitrogens with zero attached hydrogens (tertiary/aromatic N) is 3. The molecule has 0 bridgehead atoms. The summed E-state index contributed by atoms with van der Waals surface area (Å²) in [5.74, 6) is 1.94. The highest BCUT2D eigenvalue weighted by molar-refractivity contribution is 7.99. The molecule has 0 spiro atoms. The monoisotopic (exact) mass is 429 g/mol. The molecule has 3 heterocycles. The van der Waals surface area contributed by atoms with E-state index in [9.17, 15) is 4.79 Å². The zero-order valence-electron chi connectivity index (χ0n) is 17.3. The van der Waals surface area contributed by atoms with E-state index in [0.717, 1.165) is 17.0 Å². The Kier molecular flexibility index (Phi) is 5.83. The fraction of sp³-hybridized carbons (Fsp3) is 0.381. The molecule has 30 heavy (non-hydrogen) atoms. The molecular formula is C21H23N3O5S. The standard InChI is InChI=1S/C21H23N3O5S/c1-12-7-16(14(3)24(12)13(2)9-26-4)17(25)10-30-21-23-22-20(29-21)15-5-6-18-19(8-15)28-11-27-18/h5-8,13H,9-11H2,1-4H3/t13-/m0/s1. The maximum Gasteiger partial charge on any atom is 0.277 e. The number of ether oxygens (including phenoxy) is 3. The van der Waals surface area contributed by atoms with Gasteiger partial charge in [0.25, 0.3) is 5.22 Å². The molecule has 0 fully saturated rings. The number of fused-ring (bicyclic) bond motifs is 1. The Morgan fingerprint density at radius 2 is 2.03 bits per heavy atom. The Balaban J connectivity index is 1.43. The van der Waals surface area contributed by atoms with E-state index >= 15 is 0 Å². The SMILES string of the molecule is COC[C@H](C)n1c(C)cc(C(=O)CSc2nnc(-c3ccc4c(c3)OCO4)o2)c1C. The van der Waals surface area contributed by atoms with Crippen LogP contribution in [0.2, 0.25) is 0 Å². The molecule has 1 aliphatic heterocycles. The number of ketones is 1. The van der Waals surface area contributed by atoms with Gasteiger partial charge in [0, 0.05) is 29.6 Å². The molecule has 158 valence electrons. The number of rotatable bonds is 8. The summed E-state index contributed by atoms with van der Waals surface area (Å²) in [5.41, 5.74) is 3.42. The number of benzene rings is 1. The van der Waals surface area contributed by atoms with Gasteiger partial charge in [-0.1, -0.05) is 11.8 Å². The lowest BCUT2D eigenvalue weighted by Gasteiger charge is -2.17. The molecule has 8 nitrogen and oxygen atoms in total. The van der Waals surface area contributed by atoms with Crippen LogP contribution in [0.4, 0.5) is 0 Å². The first-order valence-corrected chi connectivity index (χ1v) is 10.5. The van der Waals surface area contributed by atoms with Crippen LogP contribution in [0, 0.1) is 13.8 Å². The number of Topliss-reactive ketones (excluding diaryl/α,β-unsaturated/α-hetero) is 1. The van der Waals surface area contributed by atoms with E-state index in [1.165, 1.54) is 11.8 Å². The second-order valence-electron chi connectivity index (χ2n) is 7.11. The number of aromatic nitrogens is 3. The molecular weight excluding hydrogens is 406 g/mol. The number of aryl methyl sites for hydroxylation is 1. The van der Waals surface area contributed by atoms with E-state index in [-0.39, 0.29) is 24.4 Å². The molecule has 0 aliphatic carbocycles. The van der Waals surface area contributed by atoms with Gasteiger partial charge in [0.1, 0.15) is 0 Å². The molecule has 0 saturated heterocycles. The van der Waals surface area contributed by atoms with E-state index in [2.05, 4.69) is 21.7 Å². The number of thioether (sulfide) groups is 1. The summed E-state index contributed by atoms with van der Waals surface area (Å²) in [6, 6.07) is 7.51. The van der Waals surface area contributed by atoms with Gasteiger partial charge in [0.15, 0.2) is 17.3 Å². The minimum Gasteiger partial charge on any atom is -0.454 e. The van der Waals surface area contributed by atoms with Crippen molar-refractivity contribution in [3.05, 3.63) is 41.2 Å². The van der Waals surface area contributed by atoms with Crippen molar-refractivity contribution in [3.63, 3.8) is 0 Å². The molecule has 0 radical (unpaired) electrons. The molecule has 4 rings (SSSR count). The third kappa shape index (κ3) is 3.95. The second kappa shape index (κ2) is 8.53. The summed E-state index contributed by atoms with van der Waals surface area (Å²) in [6.45, 7) is 6.82. The summed E-state index contributed by atoms with van der Waals surface area (Å²) in [6.07, 6.45) is 0. The summed E-state index contributed by atoms with van der Waals surface area (Å²) in [7, 11) is 1.68. The van der Waals surface area contributed by atoms with Gasteiger partial charge in [-0.15, -0.1) is 10.2 Å². The van der Waals surface area contributed by atoms with E-state index in [4.69, 9.17) is 18.6 Å². The molecule has 0 N–H and O–H groups in total. The molecule has 0 amide bonds. The van der Waals surface area contributed by atoms with Gasteiger partial charge in [-0.05, 0) is 45.0 Å². The molecule has 2 aromatic heterocycles. The van der Waals surface area contributed by atoms with Crippen molar-refractivity contribution in [1.29, 1.82) is 0 Å². The smallest absolute Gasteiger partial charge is 0.277 e. The zero-order chi connectivity index (χ0) is 21.3. The highest BCUT2D eigenvalue weighted by Gasteiger charge is 2.21. The second-order valence-corrected chi connectivity index (χ2v) is 8.04. The average Bonchev–Trinajstić information content (AvgIpc) is 3.44. The minimum absolute atomic E-state index is 0.0202. The topological polar surface area (TPSA) is 88.6 Å². The quantitative estimate of drug-likeness (QED) is 0.391. The third-order valence-corrected chi connectivity index (χ3v) is 5.80. The van der Waals surface area contributed by atoms with E-state index in [1.807, 2.05) is 26.0 Å². The van der Waals surface area contributed by atoms with E-state index in [1.54, 1.807) is 19.2 Å². The lowest BCUT2D eigenvalue weighted by atomic mass is 10.2. The van der Waals surface area contributed by atoms with Crippen molar-refractivity contribution >= 4 is 17.5 Å². The van der Waals surface area contributed by atoms with Crippen molar-refractivity contribution < 1.29 is 23.4 Å². The van der Waals surface area contributed by atoms with Crippen molar-refractivity contribution in [2.45, 2.75) is 32.0 Å². The molecule has 9 heteroatoms. The summed E-state index contributed by atoms with van der Waals surface area (Å²) in [4.78, 5) is 12.8. The maximum atomic E-state index is 12.8. The number of hydrogen-bond donors (Lipinski definition) is 0. The average molecular weight is 429 g/mol. The van der Waals surface area contributed by atoms with Gasteiger partial charge in [-0.25, -0.2) is 0 Å². The van der Waals surface area contributed by atoms with Gasteiger partial charge >= 0.3 is 0 Å². The summed E-state index contributed by atoms with van der Waals surface area (Å²) >= 11 is 1.23. The fourth-order valence-corrected chi connectivity index (χ4v) is 4.32. The van der Waals surface area contributed by atoms with Gasteiger partial charge in [-0.2, -0.15) is 0 Å². The maximum absolute atomic E-state index is 12.8. The lowest BCUT2D eigenvalue weighted by molar-refractivity contribution is 0.102. The number of hydrogen-bond acceptors (Lipinski definition) is 8. The molecule has 1 aliphatic rings. The van der Waals surface area contributed by atoms with Gasteiger partial charge in [0.05, 0.1) is 18.4 Å². The van der Waals surface area contributed by atoms with Crippen LogP contribution in [-0.4, -0.2) is 46.8 Å². The Hall–Kier alpha value is -2.78. The number of methoxy groups -OCH3 is 1. The van der Waals surface area contributed by atoms with Crippen LogP contribution in [-0.2, 0) is 4.74 Å². The van der Waals surface area contributed by atoms with Gasteiger partial charge in [0.2, 0.25) is 12.7 Å². The Labute approximate surface area is 178 Å². The minimum atomic E-state index is 0.0202. The highest BCUT2D eigenvalue weighted by Crippen LogP contribution is 2.36. The van der Waals surface area contributed by atoms with Crippen LogP contribution in [0.25, 0.3) is 11.5 Å². The molecule has 3 aromatic rings. The lowest BCUT2D eigenvalue weighted by Crippen LogP contribution is -2.14. The summed E-state index contributed by atoms with van der Waals surface area (Å²) in [5, 5.41) is 8.47. The van der Waals surface area contributed by atoms with Crippen molar-refractivity contribution in [3.8, 4) is 23.0 Å². The van der Waals surface area contributed by atoms with Crippen LogP contribution in [0.1, 0.15) is 34.7 Å². The fourth-order valence-electron chi connectivity index (χ4n) is 3.67. The van der Waals surface area contributed by atoms with Gasteiger partial charge in [-0.3, -0.25) is 4.79 Å². The Morgan fingerprint density at radius 1 is 1.23 bits per heavy atom. The van der Waals surface area contributed by atoms with E-state index < -0.39 is 0 Å². The van der Waals surface area contributed by atoms with Crippen LogP contribution in [0.5, 0.6) is 11.5 Å².